The van der Waals surface area contributed by atoms with Gasteiger partial charge in [0.15, 0.2) is 0 Å². The topological polar surface area (TPSA) is 18.5 Å². The SMILES string of the molecule is CCCCCCC(C)(C)[Si](CC(CC)CC)(OC)OC. The van der Waals surface area contributed by atoms with E-state index in [0.29, 0.717) is 0 Å². The highest BCUT2D eigenvalue weighted by molar-refractivity contribution is 6.70. The average Bonchev–Trinajstić information content (AvgIpc) is 2.45. The fourth-order valence-corrected chi connectivity index (χ4v) is 7.27. The van der Waals surface area contributed by atoms with E-state index in [1.807, 2.05) is 14.2 Å². The molecule has 0 atom stereocenters. The van der Waals surface area contributed by atoms with Gasteiger partial charge in [-0.3, -0.25) is 0 Å². The van der Waals surface area contributed by atoms with Crippen LogP contribution >= 0.6 is 0 Å². The summed E-state index contributed by atoms with van der Waals surface area (Å²) < 4.78 is 12.1. The third-order valence-electron chi connectivity index (χ3n) is 5.06. The second kappa shape index (κ2) is 9.96. The van der Waals surface area contributed by atoms with Gasteiger partial charge in [-0.05, 0) is 18.4 Å². The molecule has 0 aromatic carbocycles. The van der Waals surface area contributed by atoms with Crippen LogP contribution in [0.1, 0.15) is 79.6 Å². The zero-order valence-electron chi connectivity index (χ0n) is 15.1. The molecule has 0 unspecified atom stereocenters. The third kappa shape index (κ3) is 5.49. The summed E-state index contributed by atoms with van der Waals surface area (Å²) in [7, 11) is 1.60. The van der Waals surface area contributed by atoms with Crippen molar-refractivity contribution in [3.8, 4) is 0 Å². The van der Waals surface area contributed by atoms with Crippen molar-refractivity contribution in [2.24, 2.45) is 5.92 Å². The Labute approximate surface area is 128 Å². The molecule has 0 bridgehead atoms. The second-order valence-corrected chi connectivity index (χ2v) is 10.8. The Balaban J connectivity index is 4.82. The minimum Gasteiger partial charge on any atom is -0.397 e. The van der Waals surface area contributed by atoms with Crippen molar-refractivity contribution in [1.29, 1.82) is 0 Å². The molecule has 0 saturated carbocycles. The van der Waals surface area contributed by atoms with Gasteiger partial charge in [-0.15, -0.1) is 0 Å². The quantitative estimate of drug-likeness (QED) is 0.329. The predicted molar refractivity (Wildman–Crippen MR) is 91.5 cm³/mol. The molecule has 0 aliphatic carbocycles. The lowest BCUT2D eigenvalue weighted by molar-refractivity contribution is 0.195. The summed E-state index contributed by atoms with van der Waals surface area (Å²) in [6.45, 7) is 11.6. The van der Waals surface area contributed by atoms with E-state index < -0.39 is 8.56 Å². The largest absolute Gasteiger partial charge is 0.397 e. The Morgan fingerprint density at radius 2 is 1.45 bits per heavy atom. The van der Waals surface area contributed by atoms with Crippen LogP contribution in [0.3, 0.4) is 0 Å². The summed E-state index contributed by atoms with van der Waals surface area (Å²) in [4.78, 5) is 0. The van der Waals surface area contributed by atoms with E-state index >= 15 is 0 Å². The van der Waals surface area contributed by atoms with Crippen molar-refractivity contribution >= 4 is 8.56 Å². The van der Waals surface area contributed by atoms with E-state index in [4.69, 9.17) is 8.85 Å². The molecule has 0 aromatic rings. The molecular weight excluding hydrogens is 264 g/mol. The highest BCUT2D eigenvalue weighted by Crippen LogP contribution is 2.47. The van der Waals surface area contributed by atoms with Gasteiger partial charge in [0.25, 0.3) is 0 Å². The molecule has 0 fully saturated rings. The zero-order chi connectivity index (χ0) is 15.6. The molecule has 0 amide bonds. The monoisotopic (exact) mass is 302 g/mol. The molecule has 20 heavy (non-hydrogen) atoms. The maximum Gasteiger partial charge on any atom is 0.343 e. The van der Waals surface area contributed by atoms with Gasteiger partial charge in [-0.2, -0.15) is 0 Å². The molecule has 0 radical (unpaired) electrons. The van der Waals surface area contributed by atoms with Crippen molar-refractivity contribution in [1.82, 2.24) is 0 Å². The van der Waals surface area contributed by atoms with Gasteiger partial charge in [0, 0.05) is 19.3 Å². The number of unbranched alkanes of at least 4 members (excludes halogenated alkanes) is 3. The van der Waals surface area contributed by atoms with E-state index in [9.17, 15) is 0 Å². The fraction of sp³-hybridized carbons (Fsp3) is 1.00. The van der Waals surface area contributed by atoms with Crippen LogP contribution in [0.25, 0.3) is 0 Å². The molecule has 0 aliphatic rings. The van der Waals surface area contributed by atoms with Gasteiger partial charge in [-0.1, -0.05) is 73.1 Å². The standard InChI is InChI=1S/C17H38O2Si/c1-8-11-12-13-14-17(4,5)20(18-6,19-7)15-16(9-2)10-3/h16H,8-15H2,1-7H3. The first kappa shape index (κ1) is 20.1. The Morgan fingerprint density at radius 1 is 0.900 bits per heavy atom. The molecule has 2 nitrogen and oxygen atoms in total. The minimum absolute atomic E-state index is 0.187. The van der Waals surface area contributed by atoms with Gasteiger partial charge < -0.3 is 8.85 Å². The van der Waals surface area contributed by atoms with Gasteiger partial charge in [0.2, 0.25) is 0 Å². The minimum atomic E-state index is -2.14. The maximum absolute atomic E-state index is 6.06. The predicted octanol–water partition coefficient (Wildman–Crippen LogP) is 5.91. The van der Waals surface area contributed by atoms with E-state index in [1.165, 1.54) is 44.9 Å². The Hall–Kier alpha value is 0.137. The van der Waals surface area contributed by atoms with Gasteiger partial charge >= 0.3 is 8.56 Å². The van der Waals surface area contributed by atoms with Crippen molar-refractivity contribution < 1.29 is 8.85 Å². The van der Waals surface area contributed by atoms with Crippen LogP contribution in [-0.4, -0.2) is 22.8 Å². The van der Waals surface area contributed by atoms with Crippen LogP contribution < -0.4 is 0 Å². The smallest absolute Gasteiger partial charge is 0.343 e. The van der Waals surface area contributed by atoms with Crippen LogP contribution in [-0.2, 0) is 8.85 Å². The molecule has 0 saturated heterocycles. The van der Waals surface area contributed by atoms with Crippen LogP contribution in [0, 0.1) is 5.92 Å². The first-order valence-electron chi connectivity index (χ1n) is 8.53. The Kier molecular flexibility index (Phi) is 10.0. The highest BCUT2D eigenvalue weighted by atomic mass is 28.4. The molecule has 0 aliphatic heterocycles. The highest BCUT2D eigenvalue weighted by Gasteiger charge is 2.50. The summed E-state index contributed by atoms with van der Waals surface area (Å²) >= 11 is 0. The molecule has 3 heteroatoms. The van der Waals surface area contributed by atoms with E-state index in [-0.39, 0.29) is 5.04 Å². The van der Waals surface area contributed by atoms with Gasteiger partial charge in [0.05, 0.1) is 0 Å². The zero-order valence-corrected chi connectivity index (χ0v) is 16.1. The van der Waals surface area contributed by atoms with Crippen LogP contribution in [0.5, 0.6) is 0 Å². The molecule has 0 rings (SSSR count). The summed E-state index contributed by atoms with van der Waals surface area (Å²) in [5.41, 5.74) is 0. The average molecular weight is 303 g/mol. The third-order valence-corrected chi connectivity index (χ3v) is 9.80. The van der Waals surface area contributed by atoms with Crippen molar-refractivity contribution in [3.05, 3.63) is 0 Å². The van der Waals surface area contributed by atoms with Gasteiger partial charge in [-0.25, -0.2) is 0 Å². The van der Waals surface area contributed by atoms with Gasteiger partial charge in [0.1, 0.15) is 0 Å². The van der Waals surface area contributed by atoms with Crippen molar-refractivity contribution in [2.45, 2.75) is 90.6 Å². The van der Waals surface area contributed by atoms with E-state index in [1.54, 1.807) is 0 Å². The van der Waals surface area contributed by atoms with Crippen molar-refractivity contribution in [3.63, 3.8) is 0 Å². The Bertz CT molecular complexity index is 233. The summed E-state index contributed by atoms with van der Waals surface area (Å²) in [6.07, 6.45) is 8.95. The molecule has 122 valence electrons. The molecule has 0 aromatic heterocycles. The van der Waals surface area contributed by atoms with E-state index in [2.05, 4.69) is 34.6 Å². The fourth-order valence-electron chi connectivity index (χ4n) is 3.22. The van der Waals surface area contributed by atoms with Crippen LogP contribution in [0.2, 0.25) is 11.1 Å². The first-order chi connectivity index (χ1) is 9.42. The lowest BCUT2D eigenvalue weighted by atomic mass is 10.0. The van der Waals surface area contributed by atoms with Crippen molar-refractivity contribution in [2.75, 3.05) is 14.2 Å². The Morgan fingerprint density at radius 3 is 1.85 bits per heavy atom. The van der Waals surface area contributed by atoms with E-state index in [0.717, 1.165) is 12.0 Å². The lowest BCUT2D eigenvalue weighted by Crippen LogP contribution is -2.51. The summed E-state index contributed by atoms with van der Waals surface area (Å²) in [6, 6.07) is 1.13. The molecule has 0 spiro atoms. The number of hydrogen-bond donors (Lipinski definition) is 0. The second-order valence-electron chi connectivity index (χ2n) is 6.74. The lowest BCUT2D eigenvalue weighted by Gasteiger charge is -2.43. The molecular formula is C17H38O2Si. The number of rotatable bonds is 12. The maximum atomic E-state index is 6.06. The summed E-state index contributed by atoms with van der Waals surface area (Å²) in [5, 5.41) is 0.187. The van der Waals surface area contributed by atoms with Crippen LogP contribution in [0.15, 0.2) is 0 Å². The normalized spacial score (nSPS) is 13.2. The summed E-state index contributed by atoms with van der Waals surface area (Å²) in [5.74, 6) is 0.733. The number of hydrogen-bond acceptors (Lipinski definition) is 2. The molecule has 0 N–H and O–H groups in total. The molecule has 0 heterocycles. The first-order valence-corrected chi connectivity index (χ1v) is 10.6. The van der Waals surface area contributed by atoms with Crippen LogP contribution in [0.4, 0.5) is 0 Å².